The lowest BCUT2D eigenvalue weighted by atomic mass is 10.2. The monoisotopic (exact) mass is 307 g/mol. The number of carbonyl (C=O) groups is 2. The van der Waals surface area contributed by atoms with E-state index < -0.39 is 6.04 Å². The molecule has 0 aromatic heterocycles. The number of nitrogens with zero attached hydrogens (tertiary/aromatic N) is 1. The van der Waals surface area contributed by atoms with E-state index in [0.717, 1.165) is 12.2 Å². The summed E-state index contributed by atoms with van der Waals surface area (Å²) in [6, 6.07) is 6.59. The Morgan fingerprint density at radius 1 is 1.18 bits per heavy atom. The minimum atomic E-state index is -0.485. The molecule has 0 saturated carbocycles. The fraction of sp³-hybridized carbons (Fsp3) is 0.500. The largest absolute Gasteiger partial charge is 0.494 e. The van der Waals surface area contributed by atoms with Crippen molar-refractivity contribution < 1.29 is 23.8 Å². The summed E-state index contributed by atoms with van der Waals surface area (Å²) in [5.41, 5.74) is 0. The Hall–Kier alpha value is -2.24. The second-order valence-corrected chi connectivity index (χ2v) is 4.96. The zero-order valence-electron chi connectivity index (χ0n) is 12.9. The first-order chi connectivity index (χ1) is 10.7. The molecular weight excluding hydrogens is 286 g/mol. The van der Waals surface area contributed by atoms with Crippen LogP contribution in [0.25, 0.3) is 0 Å². The van der Waals surface area contributed by atoms with Crippen LogP contribution < -0.4 is 9.47 Å². The number of hydrogen-bond acceptors (Lipinski definition) is 5. The second kappa shape index (κ2) is 7.68. The molecule has 0 radical (unpaired) electrons. The number of likely N-dealkylation sites (tertiary alicyclic amines) is 1. The van der Waals surface area contributed by atoms with E-state index in [2.05, 4.69) is 0 Å². The van der Waals surface area contributed by atoms with Gasteiger partial charge < -0.3 is 19.1 Å². The SMILES string of the molecule is CCOc1ccc(OCC(=O)N2CCCC2C(=O)OC)cc1. The summed E-state index contributed by atoms with van der Waals surface area (Å²) < 4.78 is 15.5. The molecule has 0 aliphatic carbocycles. The summed E-state index contributed by atoms with van der Waals surface area (Å²) >= 11 is 0. The van der Waals surface area contributed by atoms with Crippen molar-refractivity contribution >= 4 is 11.9 Å². The van der Waals surface area contributed by atoms with Crippen molar-refractivity contribution in [3.05, 3.63) is 24.3 Å². The van der Waals surface area contributed by atoms with Gasteiger partial charge in [-0.1, -0.05) is 0 Å². The zero-order valence-corrected chi connectivity index (χ0v) is 12.9. The average Bonchev–Trinajstić information content (AvgIpc) is 3.03. The van der Waals surface area contributed by atoms with Crippen molar-refractivity contribution in [3.63, 3.8) is 0 Å². The van der Waals surface area contributed by atoms with Crippen molar-refractivity contribution in [2.24, 2.45) is 0 Å². The van der Waals surface area contributed by atoms with Crippen LogP contribution in [0.2, 0.25) is 0 Å². The zero-order chi connectivity index (χ0) is 15.9. The van der Waals surface area contributed by atoms with Crippen LogP contribution in [0.15, 0.2) is 24.3 Å². The van der Waals surface area contributed by atoms with Gasteiger partial charge in [0.05, 0.1) is 13.7 Å². The molecule has 0 bridgehead atoms. The molecule has 120 valence electrons. The molecule has 0 spiro atoms. The van der Waals surface area contributed by atoms with Crippen LogP contribution in [-0.4, -0.2) is 49.7 Å². The van der Waals surface area contributed by atoms with Gasteiger partial charge in [-0.3, -0.25) is 4.79 Å². The van der Waals surface area contributed by atoms with E-state index in [0.29, 0.717) is 25.3 Å². The Bertz CT molecular complexity index is 514. The average molecular weight is 307 g/mol. The summed E-state index contributed by atoms with van der Waals surface area (Å²) in [5, 5.41) is 0. The standard InChI is InChI=1S/C16H21NO5/c1-3-21-12-6-8-13(9-7-12)22-11-15(18)17-10-4-5-14(17)16(19)20-2/h6-9,14H,3-5,10-11H2,1-2H3. The lowest BCUT2D eigenvalue weighted by molar-refractivity contribution is -0.151. The minimum Gasteiger partial charge on any atom is -0.494 e. The van der Waals surface area contributed by atoms with Crippen molar-refractivity contribution in [2.45, 2.75) is 25.8 Å². The number of hydrogen-bond donors (Lipinski definition) is 0. The van der Waals surface area contributed by atoms with Crippen molar-refractivity contribution in [3.8, 4) is 11.5 Å². The number of methoxy groups -OCH3 is 1. The van der Waals surface area contributed by atoms with E-state index in [-0.39, 0.29) is 18.5 Å². The molecule has 1 fully saturated rings. The Morgan fingerprint density at radius 2 is 1.82 bits per heavy atom. The van der Waals surface area contributed by atoms with Gasteiger partial charge in [0, 0.05) is 6.54 Å². The van der Waals surface area contributed by atoms with E-state index in [9.17, 15) is 9.59 Å². The van der Waals surface area contributed by atoms with Gasteiger partial charge in [0.2, 0.25) is 0 Å². The smallest absolute Gasteiger partial charge is 0.328 e. The Kier molecular flexibility index (Phi) is 5.63. The summed E-state index contributed by atoms with van der Waals surface area (Å²) in [5.74, 6) is 0.769. The predicted octanol–water partition coefficient (Wildman–Crippen LogP) is 1.63. The van der Waals surface area contributed by atoms with Crippen molar-refractivity contribution in [1.82, 2.24) is 4.90 Å². The number of carbonyl (C=O) groups excluding carboxylic acids is 2. The van der Waals surface area contributed by atoms with Gasteiger partial charge >= 0.3 is 5.97 Å². The first kappa shape index (κ1) is 16.1. The van der Waals surface area contributed by atoms with Gasteiger partial charge in [-0.15, -0.1) is 0 Å². The fourth-order valence-electron chi connectivity index (χ4n) is 2.47. The normalized spacial score (nSPS) is 17.2. The summed E-state index contributed by atoms with van der Waals surface area (Å²) in [7, 11) is 1.33. The highest BCUT2D eigenvalue weighted by atomic mass is 16.5. The molecule has 1 atom stereocenters. The highest BCUT2D eigenvalue weighted by molar-refractivity contribution is 5.85. The number of rotatable bonds is 6. The molecule has 1 unspecified atom stereocenters. The Morgan fingerprint density at radius 3 is 2.41 bits per heavy atom. The van der Waals surface area contributed by atoms with E-state index in [4.69, 9.17) is 14.2 Å². The molecule has 6 heteroatoms. The van der Waals surface area contributed by atoms with Gasteiger partial charge in [-0.05, 0) is 44.0 Å². The van der Waals surface area contributed by atoms with Crippen LogP contribution in [0, 0.1) is 0 Å². The molecule has 1 aliphatic rings. The highest BCUT2D eigenvalue weighted by Gasteiger charge is 2.34. The molecule has 1 heterocycles. The van der Waals surface area contributed by atoms with Crippen molar-refractivity contribution in [1.29, 1.82) is 0 Å². The number of amides is 1. The topological polar surface area (TPSA) is 65.1 Å². The highest BCUT2D eigenvalue weighted by Crippen LogP contribution is 2.20. The summed E-state index contributed by atoms with van der Waals surface area (Å²) in [6.45, 7) is 2.98. The number of esters is 1. The molecule has 22 heavy (non-hydrogen) atoms. The fourth-order valence-corrected chi connectivity index (χ4v) is 2.47. The first-order valence-electron chi connectivity index (χ1n) is 7.38. The molecule has 6 nitrogen and oxygen atoms in total. The van der Waals surface area contributed by atoms with Gasteiger partial charge in [-0.2, -0.15) is 0 Å². The molecule has 0 N–H and O–H groups in total. The molecule has 1 aromatic rings. The first-order valence-corrected chi connectivity index (χ1v) is 7.38. The van der Waals surface area contributed by atoms with E-state index in [1.807, 2.05) is 6.92 Å². The molecule has 1 saturated heterocycles. The lowest BCUT2D eigenvalue weighted by Gasteiger charge is -2.22. The van der Waals surface area contributed by atoms with E-state index in [1.165, 1.54) is 12.0 Å². The molecule has 1 aliphatic heterocycles. The summed E-state index contributed by atoms with van der Waals surface area (Å²) in [4.78, 5) is 25.3. The Balaban J connectivity index is 1.88. The van der Waals surface area contributed by atoms with Gasteiger partial charge in [0.25, 0.3) is 5.91 Å². The molecule has 1 aromatic carbocycles. The van der Waals surface area contributed by atoms with Crippen LogP contribution in [0.4, 0.5) is 0 Å². The van der Waals surface area contributed by atoms with E-state index in [1.54, 1.807) is 24.3 Å². The number of benzene rings is 1. The minimum absolute atomic E-state index is 0.0958. The van der Waals surface area contributed by atoms with Crippen LogP contribution in [0.5, 0.6) is 11.5 Å². The molecular formula is C16H21NO5. The lowest BCUT2D eigenvalue weighted by Crippen LogP contribution is -2.43. The maximum absolute atomic E-state index is 12.2. The predicted molar refractivity (Wildman–Crippen MR) is 79.9 cm³/mol. The summed E-state index contributed by atoms with van der Waals surface area (Å²) in [6.07, 6.45) is 1.44. The van der Waals surface area contributed by atoms with Gasteiger partial charge in [-0.25, -0.2) is 4.79 Å². The Labute approximate surface area is 129 Å². The third-order valence-corrected chi connectivity index (χ3v) is 3.54. The van der Waals surface area contributed by atoms with Gasteiger partial charge in [0.15, 0.2) is 6.61 Å². The quantitative estimate of drug-likeness (QED) is 0.747. The second-order valence-electron chi connectivity index (χ2n) is 4.96. The van der Waals surface area contributed by atoms with Crippen LogP contribution in [-0.2, 0) is 14.3 Å². The third kappa shape index (κ3) is 3.90. The molecule has 1 amide bonds. The van der Waals surface area contributed by atoms with Crippen LogP contribution in [0.3, 0.4) is 0 Å². The van der Waals surface area contributed by atoms with Crippen LogP contribution in [0.1, 0.15) is 19.8 Å². The van der Waals surface area contributed by atoms with E-state index >= 15 is 0 Å². The number of ether oxygens (including phenoxy) is 3. The third-order valence-electron chi connectivity index (χ3n) is 3.54. The maximum Gasteiger partial charge on any atom is 0.328 e. The maximum atomic E-state index is 12.2. The van der Waals surface area contributed by atoms with Crippen molar-refractivity contribution in [2.75, 3.05) is 26.9 Å². The molecule has 2 rings (SSSR count). The van der Waals surface area contributed by atoms with Crippen LogP contribution >= 0.6 is 0 Å². The van der Waals surface area contributed by atoms with Gasteiger partial charge in [0.1, 0.15) is 17.5 Å².